The van der Waals surface area contributed by atoms with Gasteiger partial charge < -0.3 is 15.5 Å². The van der Waals surface area contributed by atoms with Crippen molar-refractivity contribution in [2.75, 3.05) is 46.8 Å². The molecule has 1 atom stereocenters. The number of carbonyl (C=O) groups is 1. The van der Waals surface area contributed by atoms with Crippen LogP contribution in [-0.4, -0.2) is 74.5 Å². The monoisotopic (exact) mass is 481 g/mol. The van der Waals surface area contributed by atoms with Crippen molar-refractivity contribution in [1.29, 1.82) is 0 Å². The first-order valence-electron chi connectivity index (χ1n) is 10.1. The summed E-state index contributed by atoms with van der Waals surface area (Å²) >= 11 is 0. The molecule has 1 heterocycles. The first kappa shape index (κ1) is 25.4. The number of halogens is 1. The van der Waals surface area contributed by atoms with E-state index in [9.17, 15) is 4.79 Å². The molecular formula is C19H40IN5O. The first-order valence-corrected chi connectivity index (χ1v) is 10.1. The van der Waals surface area contributed by atoms with Gasteiger partial charge in [0.1, 0.15) is 0 Å². The van der Waals surface area contributed by atoms with Crippen molar-refractivity contribution in [3.05, 3.63) is 0 Å². The molecule has 1 unspecified atom stereocenters. The molecule has 0 radical (unpaired) electrons. The summed E-state index contributed by atoms with van der Waals surface area (Å²) in [5.74, 6) is 1.16. The Morgan fingerprint density at radius 3 is 2.58 bits per heavy atom. The second-order valence-electron chi connectivity index (χ2n) is 7.03. The molecular weight excluding hydrogens is 441 g/mol. The van der Waals surface area contributed by atoms with Crippen LogP contribution in [0.25, 0.3) is 0 Å². The highest BCUT2D eigenvalue weighted by atomic mass is 127. The van der Waals surface area contributed by atoms with Crippen molar-refractivity contribution in [3.63, 3.8) is 0 Å². The standard InChI is InChI=1S/C19H39N5O.HI/c1-5-7-8-9-13-21-19(20-6-2)22-14-11-16-24-15-10-12-17(24)18(25)23(3)4;/h17H,5-16H2,1-4H3,(H2,20,21,22);1H. The molecule has 154 valence electrons. The van der Waals surface area contributed by atoms with E-state index in [1.165, 1.54) is 25.7 Å². The first-order chi connectivity index (χ1) is 12.1. The number of amides is 1. The lowest BCUT2D eigenvalue weighted by Crippen LogP contribution is -2.43. The van der Waals surface area contributed by atoms with Crippen LogP contribution >= 0.6 is 24.0 Å². The number of hydrogen-bond donors (Lipinski definition) is 2. The van der Waals surface area contributed by atoms with E-state index in [0.717, 1.165) is 57.9 Å². The highest BCUT2D eigenvalue weighted by Gasteiger charge is 2.30. The third-order valence-corrected chi connectivity index (χ3v) is 4.63. The molecule has 0 bridgehead atoms. The zero-order chi connectivity index (χ0) is 18.5. The number of nitrogens with zero attached hydrogens (tertiary/aromatic N) is 3. The molecule has 1 amide bonds. The SMILES string of the molecule is CCCCCCNC(=NCCCN1CCCC1C(=O)N(C)C)NCC.I. The molecule has 0 aromatic rings. The van der Waals surface area contributed by atoms with Gasteiger partial charge in [-0.3, -0.25) is 14.7 Å². The minimum Gasteiger partial charge on any atom is -0.357 e. The van der Waals surface area contributed by atoms with E-state index < -0.39 is 0 Å². The fourth-order valence-electron chi connectivity index (χ4n) is 3.24. The maximum Gasteiger partial charge on any atom is 0.239 e. The molecule has 7 heteroatoms. The smallest absolute Gasteiger partial charge is 0.239 e. The summed E-state index contributed by atoms with van der Waals surface area (Å²) in [5, 5.41) is 6.72. The molecule has 1 aliphatic rings. The van der Waals surface area contributed by atoms with E-state index in [1.54, 1.807) is 4.90 Å². The fraction of sp³-hybridized carbons (Fsp3) is 0.895. The fourth-order valence-corrected chi connectivity index (χ4v) is 3.24. The number of rotatable bonds is 11. The van der Waals surface area contributed by atoms with Crippen molar-refractivity contribution < 1.29 is 4.79 Å². The van der Waals surface area contributed by atoms with Crippen LogP contribution in [0.2, 0.25) is 0 Å². The van der Waals surface area contributed by atoms with Gasteiger partial charge in [0.25, 0.3) is 0 Å². The molecule has 2 N–H and O–H groups in total. The predicted molar refractivity (Wildman–Crippen MR) is 121 cm³/mol. The van der Waals surface area contributed by atoms with Gasteiger partial charge in [-0.25, -0.2) is 0 Å². The van der Waals surface area contributed by atoms with Crippen molar-refractivity contribution in [1.82, 2.24) is 20.4 Å². The number of carbonyl (C=O) groups excluding carboxylic acids is 1. The van der Waals surface area contributed by atoms with Gasteiger partial charge in [0, 0.05) is 40.3 Å². The van der Waals surface area contributed by atoms with Crippen LogP contribution in [-0.2, 0) is 4.79 Å². The van der Waals surface area contributed by atoms with Crippen LogP contribution in [0.1, 0.15) is 58.8 Å². The van der Waals surface area contributed by atoms with E-state index in [1.807, 2.05) is 14.1 Å². The Morgan fingerprint density at radius 1 is 1.15 bits per heavy atom. The minimum atomic E-state index is 0. The van der Waals surface area contributed by atoms with Crippen LogP contribution in [0.5, 0.6) is 0 Å². The molecule has 0 aromatic carbocycles. The van der Waals surface area contributed by atoms with Crippen LogP contribution in [0.4, 0.5) is 0 Å². The van der Waals surface area contributed by atoms with Crippen molar-refractivity contribution in [2.24, 2.45) is 4.99 Å². The predicted octanol–water partition coefficient (Wildman–Crippen LogP) is 2.68. The summed E-state index contributed by atoms with van der Waals surface area (Å²) in [4.78, 5) is 20.9. The van der Waals surface area contributed by atoms with Gasteiger partial charge >= 0.3 is 0 Å². The number of aliphatic imine (C=N–C) groups is 1. The lowest BCUT2D eigenvalue weighted by molar-refractivity contribution is -0.133. The van der Waals surface area contributed by atoms with Crippen molar-refractivity contribution in [2.45, 2.75) is 64.8 Å². The summed E-state index contributed by atoms with van der Waals surface area (Å²) < 4.78 is 0. The number of unbranched alkanes of at least 4 members (excludes halogenated alkanes) is 3. The maximum atomic E-state index is 12.2. The second kappa shape index (κ2) is 15.5. The van der Waals surface area contributed by atoms with Crippen LogP contribution < -0.4 is 10.6 Å². The highest BCUT2D eigenvalue weighted by Crippen LogP contribution is 2.18. The molecule has 0 saturated carbocycles. The zero-order valence-corrected chi connectivity index (χ0v) is 19.6. The second-order valence-corrected chi connectivity index (χ2v) is 7.03. The summed E-state index contributed by atoms with van der Waals surface area (Å²) in [6.07, 6.45) is 8.14. The van der Waals surface area contributed by atoms with Gasteiger partial charge in [0.15, 0.2) is 5.96 Å². The van der Waals surface area contributed by atoms with E-state index in [4.69, 9.17) is 0 Å². The topological polar surface area (TPSA) is 60.0 Å². The number of guanidine groups is 1. The van der Waals surface area contributed by atoms with Gasteiger partial charge in [-0.1, -0.05) is 26.2 Å². The molecule has 1 aliphatic heterocycles. The Hall–Kier alpha value is -0.570. The molecule has 0 spiro atoms. The lowest BCUT2D eigenvalue weighted by atomic mass is 10.2. The van der Waals surface area contributed by atoms with E-state index >= 15 is 0 Å². The van der Waals surface area contributed by atoms with Crippen LogP contribution in [0, 0.1) is 0 Å². The molecule has 1 rings (SSSR count). The highest BCUT2D eigenvalue weighted by molar-refractivity contribution is 14.0. The Bertz CT molecular complexity index is 403. The van der Waals surface area contributed by atoms with Crippen LogP contribution in [0.15, 0.2) is 4.99 Å². The Morgan fingerprint density at radius 2 is 1.92 bits per heavy atom. The van der Waals surface area contributed by atoms with Gasteiger partial charge in [0.2, 0.25) is 5.91 Å². The Labute approximate surface area is 177 Å². The van der Waals surface area contributed by atoms with Crippen molar-refractivity contribution >= 4 is 35.8 Å². The summed E-state index contributed by atoms with van der Waals surface area (Å²) in [7, 11) is 3.69. The summed E-state index contributed by atoms with van der Waals surface area (Å²) in [5.41, 5.74) is 0. The van der Waals surface area contributed by atoms with Gasteiger partial charge in [0.05, 0.1) is 6.04 Å². The zero-order valence-electron chi connectivity index (χ0n) is 17.2. The minimum absolute atomic E-state index is 0. The van der Waals surface area contributed by atoms with E-state index in [0.29, 0.717) is 0 Å². The molecule has 0 aliphatic carbocycles. The molecule has 1 saturated heterocycles. The molecule has 6 nitrogen and oxygen atoms in total. The number of nitrogens with one attached hydrogen (secondary N) is 2. The summed E-state index contributed by atoms with van der Waals surface area (Å²) in [6, 6.07) is 0.0731. The average Bonchev–Trinajstić information content (AvgIpc) is 3.05. The number of hydrogen-bond acceptors (Lipinski definition) is 3. The third kappa shape index (κ3) is 9.94. The third-order valence-electron chi connectivity index (χ3n) is 4.63. The normalized spacial score (nSPS) is 17.7. The Balaban J connectivity index is 0.00000625. The summed E-state index contributed by atoms with van der Waals surface area (Å²) in [6.45, 7) is 8.96. The Kier molecular flexibility index (Phi) is 15.1. The lowest BCUT2D eigenvalue weighted by Gasteiger charge is -2.25. The molecule has 1 fully saturated rings. The van der Waals surface area contributed by atoms with Crippen molar-refractivity contribution in [3.8, 4) is 0 Å². The maximum absolute atomic E-state index is 12.2. The van der Waals surface area contributed by atoms with E-state index in [-0.39, 0.29) is 35.9 Å². The van der Waals surface area contributed by atoms with E-state index in [2.05, 4.69) is 34.4 Å². The average molecular weight is 481 g/mol. The quantitative estimate of drug-likeness (QED) is 0.206. The molecule has 26 heavy (non-hydrogen) atoms. The van der Waals surface area contributed by atoms with Gasteiger partial charge in [-0.05, 0) is 39.2 Å². The molecule has 0 aromatic heterocycles. The number of likely N-dealkylation sites (tertiary alicyclic amines) is 1. The largest absolute Gasteiger partial charge is 0.357 e. The van der Waals surface area contributed by atoms with Gasteiger partial charge in [-0.15, -0.1) is 24.0 Å². The van der Waals surface area contributed by atoms with Crippen LogP contribution in [0.3, 0.4) is 0 Å². The number of likely N-dealkylation sites (N-methyl/N-ethyl adjacent to an activating group) is 1. The van der Waals surface area contributed by atoms with Gasteiger partial charge in [-0.2, -0.15) is 0 Å².